The van der Waals surface area contributed by atoms with Gasteiger partial charge in [0.05, 0.1) is 25.2 Å². The van der Waals surface area contributed by atoms with Gasteiger partial charge in [-0.2, -0.15) is 4.31 Å². The number of fused-ring (bicyclic) bond motifs is 1. The van der Waals surface area contributed by atoms with Crippen LogP contribution in [-0.2, 0) is 19.5 Å². The third-order valence-corrected chi connectivity index (χ3v) is 7.02. The molecule has 1 N–H and O–H groups in total. The van der Waals surface area contributed by atoms with E-state index in [1.165, 1.54) is 16.6 Å². The first-order valence-electron chi connectivity index (χ1n) is 7.35. The Bertz CT molecular complexity index is 924. The number of nitrogens with one attached hydrogen (secondary N) is 1. The molecule has 1 fully saturated rings. The first-order valence-corrected chi connectivity index (χ1v) is 9.61. The molecule has 0 spiro atoms. The third-order valence-electron chi connectivity index (χ3n) is 3.61. The molecule has 2 aromatic heterocycles. The van der Waals surface area contributed by atoms with Gasteiger partial charge in [0.1, 0.15) is 14.6 Å². The van der Waals surface area contributed by atoms with Gasteiger partial charge in [0.15, 0.2) is 0 Å². The average molecular weight is 372 g/mol. The summed E-state index contributed by atoms with van der Waals surface area (Å²) >= 11 is 0.968. The zero-order chi connectivity index (χ0) is 17.3. The second-order valence-corrected chi connectivity index (χ2v) is 8.29. The van der Waals surface area contributed by atoms with E-state index >= 15 is 0 Å². The highest BCUT2D eigenvalue weighted by molar-refractivity contribution is 7.91. The van der Waals surface area contributed by atoms with Crippen LogP contribution >= 0.6 is 11.3 Å². The lowest BCUT2D eigenvalue weighted by Gasteiger charge is -2.25. The van der Waals surface area contributed by atoms with Crippen LogP contribution in [0.4, 0.5) is 0 Å². The van der Waals surface area contributed by atoms with Gasteiger partial charge < -0.3 is 14.5 Å². The van der Waals surface area contributed by atoms with Crippen molar-refractivity contribution in [2.45, 2.75) is 11.1 Å². The fourth-order valence-corrected chi connectivity index (χ4v) is 5.29. The zero-order valence-electron chi connectivity index (χ0n) is 12.9. The van der Waals surface area contributed by atoms with Crippen molar-refractivity contribution < 1.29 is 22.7 Å². The van der Waals surface area contributed by atoms with E-state index in [4.69, 9.17) is 9.47 Å². The number of carbonyl (C=O) groups is 1. The lowest BCUT2D eigenvalue weighted by molar-refractivity contribution is 0.0524. The number of carbonyl (C=O) groups excluding carboxylic acids is 1. The summed E-state index contributed by atoms with van der Waals surface area (Å²) in [4.78, 5) is 27.4. The Kier molecular flexibility index (Phi) is 4.72. The van der Waals surface area contributed by atoms with Crippen LogP contribution in [0.3, 0.4) is 0 Å². The molecule has 0 amide bonds. The fraction of sp³-hybridized carbons (Fsp3) is 0.429. The Morgan fingerprint density at radius 2 is 2.12 bits per heavy atom. The molecule has 0 saturated carbocycles. The molecule has 0 bridgehead atoms. The summed E-state index contributed by atoms with van der Waals surface area (Å²) in [6.45, 7) is 3.03. The Balaban J connectivity index is 2.04. The molecule has 3 rings (SSSR count). The molecule has 0 radical (unpaired) electrons. The molecule has 130 valence electrons. The fourth-order valence-electron chi connectivity index (χ4n) is 2.39. The molecule has 3 heterocycles. The molecule has 0 unspecified atom stereocenters. The second kappa shape index (κ2) is 6.63. The smallest absolute Gasteiger partial charge is 0.343 e. The van der Waals surface area contributed by atoms with Crippen molar-refractivity contribution >= 4 is 37.5 Å². The summed E-state index contributed by atoms with van der Waals surface area (Å²) in [7, 11) is -3.69. The van der Waals surface area contributed by atoms with Crippen LogP contribution in [0.5, 0.6) is 0 Å². The van der Waals surface area contributed by atoms with E-state index in [1.54, 1.807) is 6.92 Å². The maximum atomic E-state index is 12.7. The highest BCUT2D eigenvalue weighted by Crippen LogP contribution is 2.28. The van der Waals surface area contributed by atoms with Crippen LogP contribution in [0.15, 0.2) is 21.3 Å². The van der Waals surface area contributed by atoms with Crippen molar-refractivity contribution in [1.29, 1.82) is 0 Å². The van der Waals surface area contributed by atoms with Crippen LogP contribution < -0.4 is 5.43 Å². The number of morpholine rings is 1. The van der Waals surface area contributed by atoms with E-state index in [9.17, 15) is 18.0 Å². The van der Waals surface area contributed by atoms with Crippen LogP contribution in [0.25, 0.3) is 10.2 Å². The van der Waals surface area contributed by atoms with Crippen molar-refractivity contribution in [1.82, 2.24) is 9.29 Å². The molecule has 8 nitrogen and oxygen atoms in total. The van der Waals surface area contributed by atoms with Gasteiger partial charge in [-0.15, -0.1) is 11.3 Å². The minimum atomic E-state index is -3.69. The van der Waals surface area contributed by atoms with Crippen molar-refractivity contribution in [3.05, 3.63) is 28.0 Å². The number of hydrogen-bond acceptors (Lipinski definition) is 7. The average Bonchev–Trinajstić information content (AvgIpc) is 3.02. The first kappa shape index (κ1) is 17.1. The number of nitrogens with zero attached hydrogens (tertiary/aromatic N) is 1. The molecular formula is C14H16N2O6S2. The standard InChI is InChI=1S/C14H16N2O6S2/c1-2-22-14(18)10-8-15-13-9(12(10)17)7-11(23-13)24(19,20)16-3-5-21-6-4-16/h7-8H,2-6H2,1H3,(H,15,17). The predicted octanol–water partition coefficient (Wildman–Crippen LogP) is 0.787. The molecule has 0 aromatic carbocycles. The molecule has 1 aliphatic heterocycles. The van der Waals surface area contributed by atoms with Gasteiger partial charge in [-0.05, 0) is 13.0 Å². The van der Waals surface area contributed by atoms with E-state index in [0.29, 0.717) is 18.0 Å². The summed E-state index contributed by atoms with van der Waals surface area (Å²) in [5.74, 6) is -0.732. The molecule has 0 aliphatic carbocycles. The number of H-pyrrole nitrogens is 1. The molecule has 24 heavy (non-hydrogen) atoms. The van der Waals surface area contributed by atoms with Gasteiger partial charge in [0, 0.05) is 19.3 Å². The summed E-state index contributed by atoms with van der Waals surface area (Å²) in [5, 5.41) is 0.164. The van der Waals surface area contributed by atoms with Crippen LogP contribution in [0.2, 0.25) is 0 Å². The monoisotopic (exact) mass is 372 g/mol. The molecule has 1 saturated heterocycles. The van der Waals surface area contributed by atoms with Gasteiger partial charge in [0.25, 0.3) is 10.0 Å². The lowest BCUT2D eigenvalue weighted by atomic mass is 10.2. The van der Waals surface area contributed by atoms with Crippen molar-refractivity contribution in [3.8, 4) is 0 Å². The molecular weight excluding hydrogens is 356 g/mol. The van der Waals surface area contributed by atoms with E-state index in [2.05, 4.69) is 4.98 Å². The summed E-state index contributed by atoms with van der Waals surface area (Å²) in [6.07, 6.45) is 1.25. The molecule has 2 aromatic rings. The largest absolute Gasteiger partial charge is 0.462 e. The van der Waals surface area contributed by atoms with E-state index < -0.39 is 21.4 Å². The number of sulfonamides is 1. The van der Waals surface area contributed by atoms with Crippen LogP contribution in [-0.4, -0.2) is 56.6 Å². The van der Waals surface area contributed by atoms with Crippen LogP contribution in [0, 0.1) is 0 Å². The maximum Gasteiger partial charge on any atom is 0.343 e. The Labute approximate surface area is 142 Å². The molecule has 10 heteroatoms. The third kappa shape index (κ3) is 2.97. The summed E-state index contributed by atoms with van der Waals surface area (Å²) in [5.41, 5.74) is -0.681. The number of hydrogen-bond donors (Lipinski definition) is 1. The second-order valence-electron chi connectivity index (χ2n) is 5.08. The van der Waals surface area contributed by atoms with Gasteiger partial charge in [0.2, 0.25) is 5.43 Å². The molecule has 1 aliphatic rings. The zero-order valence-corrected chi connectivity index (χ0v) is 14.5. The van der Waals surface area contributed by atoms with Gasteiger partial charge in [-0.25, -0.2) is 13.2 Å². The van der Waals surface area contributed by atoms with Gasteiger partial charge >= 0.3 is 5.97 Å². The predicted molar refractivity (Wildman–Crippen MR) is 88.0 cm³/mol. The SMILES string of the molecule is CCOC(=O)c1c[nH]c2sc(S(=O)(=O)N3CCOCC3)cc2c1=O. The Morgan fingerprint density at radius 1 is 1.42 bits per heavy atom. The Morgan fingerprint density at radius 3 is 2.79 bits per heavy atom. The van der Waals surface area contributed by atoms with E-state index in [0.717, 1.165) is 11.3 Å². The minimum Gasteiger partial charge on any atom is -0.462 e. The van der Waals surface area contributed by atoms with Crippen molar-refractivity contribution in [2.75, 3.05) is 32.9 Å². The summed E-state index contributed by atoms with van der Waals surface area (Å²) < 4.78 is 36.7. The van der Waals surface area contributed by atoms with Gasteiger partial charge in [-0.1, -0.05) is 0 Å². The number of aromatic amines is 1. The summed E-state index contributed by atoms with van der Waals surface area (Å²) in [6, 6.07) is 1.31. The number of pyridine rings is 1. The number of aromatic nitrogens is 1. The normalized spacial score (nSPS) is 16.4. The van der Waals surface area contributed by atoms with Gasteiger partial charge in [-0.3, -0.25) is 4.79 Å². The van der Waals surface area contributed by atoms with Crippen molar-refractivity contribution in [3.63, 3.8) is 0 Å². The highest BCUT2D eigenvalue weighted by atomic mass is 32.2. The number of ether oxygens (including phenoxy) is 2. The minimum absolute atomic E-state index is 0.0637. The maximum absolute atomic E-state index is 12.7. The van der Waals surface area contributed by atoms with Crippen LogP contribution in [0.1, 0.15) is 17.3 Å². The number of rotatable bonds is 4. The van der Waals surface area contributed by atoms with E-state index in [-0.39, 0.29) is 34.9 Å². The number of thiophene rings is 1. The lowest BCUT2D eigenvalue weighted by Crippen LogP contribution is -2.40. The quantitative estimate of drug-likeness (QED) is 0.796. The van der Waals surface area contributed by atoms with Crippen molar-refractivity contribution in [2.24, 2.45) is 0 Å². The number of esters is 1. The van der Waals surface area contributed by atoms with E-state index in [1.807, 2.05) is 0 Å². The topological polar surface area (TPSA) is 106 Å². The highest BCUT2D eigenvalue weighted by Gasteiger charge is 2.29. The molecule has 0 atom stereocenters. The first-order chi connectivity index (χ1) is 11.4. The Hall–Kier alpha value is -1.75.